The minimum atomic E-state index is -0.0824. The van der Waals surface area contributed by atoms with Crippen LogP contribution in [0.1, 0.15) is 39.6 Å². The lowest BCUT2D eigenvalue weighted by atomic mass is 9.88. The largest absolute Gasteiger partial charge is 0.374 e. The molecule has 1 heterocycles. The number of hydrogen-bond donors (Lipinski definition) is 1. The molecule has 0 aliphatic rings. The molecule has 1 aromatic heterocycles. The molecule has 0 fully saturated rings. The van der Waals surface area contributed by atoms with E-state index in [4.69, 9.17) is 10.5 Å². The van der Waals surface area contributed by atoms with Crippen LogP contribution in [0.3, 0.4) is 0 Å². The van der Waals surface area contributed by atoms with Crippen molar-refractivity contribution in [3.05, 3.63) is 5.82 Å². The van der Waals surface area contributed by atoms with Gasteiger partial charge in [-0.05, 0) is 12.3 Å². The van der Waals surface area contributed by atoms with Gasteiger partial charge in [0.2, 0.25) is 0 Å². The summed E-state index contributed by atoms with van der Waals surface area (Å²) in [5, 5.41) is 0.494. The fourth-order valence-corrected chi connectivity index (χ4v) is 1.69. The van der Waals surface area contributed by atoms with E-state index < -0.39 is 0 Å². The number of anilines is 1. The summed E-state index contributed by atoms with van der Waals surface area (Å²) >= 11 is 1.21. The summed E-state index contributed by atoms with van der Waals surface area (Å²) in [6, 6.07) is 0. The zero-order chi connectivity index (χ0) is 10.8. The van der Waals surface area contributed by atoms with Crippen LogP contribution in [-0.4, -0.2) is 16.0 Å². The Bertz CT molecular complexity index is 292. The van der Waals surface area contributed by atoms with E-state index in [0.29, 0.717) is 17.6 Å². The molecule has 80 valence electrons. The van der Waals surface area contributed by atoms with E-state index in [-0.39, 0.29) is 11.5 Å². The number of rotatable bonds is 3. The first kappa shape index (κ1) is 11.4. The van der Waals surface area contributed by atoms with Gasteiger partial charge in [-0.1, -0.05) is 20.8 Å². The van der Waals surface area contributed by atoms with Gasteiger partial charge in [-0.15, -0.1) is 0 Å². The highest BCUT2D eigenvalue weighted by Crippen LogP contribution is 2.35. The van der Waals surface area contributed by atoms with E-state index in [2.05, 4.69) is 30.1 Å². The van der Waals surface area contributed by atoms with Crippen LogP contribution in [0.15, 0.2) is 0 Å². The summed E-state index contributed by atoms with van der Waals surface area (Å²) in [6.45, 7) is 8.93. The van der Waals surface area contributed by atoms with Crippen molar-refractivity contribution in [2.45, 2.75) is 33.8 Å². The Hall–Kier alpha value is -0.680. The molecule has 0 aliphatic heterocycles. The van der Waals surface area contributed by atoms with Crippen molar-refractivity contribution in [3.63, 3.8) is 0 Å². The van der Waals surface area contributed by atoms with Crippen LogP contribution in [0, 0.1) is 5.41 Å². The van der Waals surface area contributed by atoms with Crippen molar-refractivity contribution < 1.29 is 4.74 Å². The zero-order valence-electron chi connectivity index (χ0n) is 9.07. The van der Waals surface area contributed by atoms with Gasteiger partial charge in [-0.3, -0.25) is 0 Å². The molecule has 4 nitrogen and oxygen atoms in total. The second-order valence-corrected chi connectivity index (χ2v) is 4.98. The molecule has 5 heteroatoms. The standard InChI is InChI=1S/C9H17N3OS/c1-5-13-6(9(2,3)4)7-11-8(10)14-12-7/h6H,5H2,1-4H3,(H2,10,11,12). The van der Waals surface area contributed by atoms with Crippen molar-refractivity contribution in [2.75, 3.05) is 12.3 Å². The fourth-order valence-electron chi connectivity index (χ4n) is 1.23. The molecule has 0 bridgehead atoms. The average molecular weight is 215 g/mol. The molecule has 0 spiro atoms. The molecule has 1 rings (SSSR count). The maximum atomic E-state index is 5.63. The molecule has 0 aromatic carbocycles. The average Bonchev–Trinajstić information content (AvgIpc) is 2.45. The summed E-state index contributed by atoms with van der Waals surface area (Å²) in [4.78, 5) is 4.16. The third-order valence-electron chi connectivity index (χ3n) is 1.81. The summed E-state index contributed by atoms with van der Waals surface area (Å²) in [6.07, 6.45) is -0.0824. The van der Waals surface area contributed by atoms with Gasteiger partial charge in [0.15, 0.2) is 11.0 Å². The lowest BCUT2D eigenvalue weighted by molar-refractivity contribution is -0.0182. The van der Waals surface area contributed by atoms with Crippen LogP contribution < -0.4 is 5.73 Å². The molecule has 1 aromatic rings. The van der Waals surface area contributed by atoms with E-state index in [1.807, 2.05) is 6.92 Å². The van der Waals surface area contributed by atoms with E-state index >= 15 is 0 Å². The highest BCUT2D eigenvalue weighted by atomic mass is 32.1. The number of nitrogens with zero attached hydrogens (tertiary/aromatic N) is 2. The summed E-state index contributed by atoms with van der Waals surface area (Å²) in [7, 11) is 0. The molecule has 0 aliphatic carbocycles. The molecule has 0 saturated carbocycles. The third kappa shape index (κ3) is 2.65. The minimum absolute atomic E-state index is 0.0104. The van der Waals surface area contributed by atoms with Gasteiger partial charge in [-0.25, -0.2) is 4.98 Å². The van der Waals surface area contributed by atoms with Gasteiger partial charge < -0.3 is 10.5 Å². The number of hydrogen-bond acceptors (Lipinski definition) is 5. The zero-order valence-corrected chi connectivity index (χ0v) is 9.89. The first-order valence-electron chi connectivity index (χ1n) is 4.66. The van der Waals surface area contributed by atoms with E-state index in [1.54, 1.807) is 0 Å². The van der Waals surface area contributed by atoms with Gasteiger partial charge in [0.1, 0.15) is 6.10 Å². The SMILES string of the molecule is CCOC(c1nsc(N)n1)C(C)(C)C. The van der Waals surface area contributed by atoms with Gasteiger partial charge in [0.25, 0.3) is 0 Å². The van der Waals surface area contributed by atoms with Gasteiger partial charge in [-0.2, -0.15) is 4.37 Å². The first-order chi connectivity index (χ1) is 6.45. The van der Waals surface area contributed by atoms with Crippen molar-refractivity contribution in [1.82, 2.24) is 9.36 Å². The van der Waals surface area contributed by atoms with Gasteiger partial charge in [0.05, 0.1) is 0 Å². The Kier molecular flexibility index (Phi) is 3.44. The predicted octanol–water partition coefficient (Wildman–Crippen LogP) is 2.24. The van der Waals surface area contributed by atoms with Crippen LogP contribution in [0.2, 0.25) is 0 Å². The Labute approximate surface area is 88.7 Å². The van der Waals surface area contributed by atoms with E-state index in [9.17, 15) is 0 Å². The second-order valence-electron chi connectivity index (χ2n) is 4.19. The van der Waals surface area contributed by atoms with Crippen LogP contribution in [0.4, 0.5) is 5.13 Å². The fraction of sp³-hybridized carbons (Fsp3) is 0.778. The summed E-state index contributed by atoms with van der Waals surface area (Å²) in [5.74, 6) is 0.696. The molecule has 0 radical (unpaired) electrons. The molecular weight excluding hydrogens is 198 g/mol. The van der Waals surface area contributed by atoms with Crippen molar-refractivity contribution in [2.24, 2.45) is 5.41 Å². The maximum absolute atomic E-state index is 5.63. The Morgan fingerprint density at radius 2 is 2.14 bits per heavy atom. The Balaban J connectivity index is 2.88. The number of nitrogen functional groups attached to an aromatic ring is 1. The smallest absolute Gasteiger partial charge is 0.200 e. The van der Waals surface area contributed by atoms with Crippen LogP contribution in [-0.2, 0) is 4.74 Å². The number of nitrogens with two attached hydrogens (primary N) is 1. The van der Waals surface area contributed by atoms with Gasteiger partial charge in [0, 0.05) is 18.1 Å². The quantitative estimate of drug-likeness (QED) is 0.840. The van der Waals surface area contributed by atoms with E-state index in [1.165, 1.54) is 11.5 Å². The van der Waals surface area contributed by atoms with Crippen molar-refractivity contribution >= 4 is 16.7 Å². The highest BCUT2D eigenvalue weighted by molar-refractivity contribution is 7.09. The van der Waals surface area contributed by atoms with E-state index in [0.717, 1.165) is 0 Å². The molecule has 2 N–H and O–H groups in total. The molecule has 0 amide bonds. The molecule has 1 unspecified atom stereocenters. The van der Waals surface area contributed by atoms with Crippen molar-refractivity contribution in [1.29, 1.82) is 0 Å². The first-order valence-corrected chi connectivity index (χ1v) is 5.43. The normalized spacial score (nSPS) is 14.3. The minimum Gasteiger partial charge on any atom is -0.374 e. The molecular formula is C9H17N3OS. The third-order valence-corrected chi connectivity index (χ3v) is 2.37. The number of ether oxygens (including phenoxy) is 1. The number of aromatic nitrogens is 2. The van der Waals surface area contributed by atoms with Gasteiger partial charge >= 0.3 is 0 Å². The molecule has 1 atom stereocenters. The predicted molar refractivity (Wildman–Crippen MR) is 58.1 cm³/mol. The lowest BCUT2D eigenvalue weighted by Gasteiger charge is -2.27. The topological polar surface area (TPSA) is 61.0 Å². The molecule has 0 saturated heterocycles. The Morgan fingerprint density at radius 1 is 1.50 bits per heavy atom. The Morgan fingerprint density at radius 3 is 2.50 bits per heavy atom. The lowest BCUT2D eigenvalue weighted by Crippen LogP contribution is -2.22. The van der Waals surface area contributed by atoms with Crippen LogP contribution in [0.25, 0.3) is 0 Å². The van der Waals surface area contributed by atoms with Crippen LogP contribution in [0.5, 0.6) is 0 Å². The summed E-state index contributed by atoms with van der Waals surface area (Å²) in [5.41, 5.74) is 5.53. The maximum Gasteiger partial charge on any atom is 0.200 e. The van der Waals surface area contributed by atoms with Crippen LogP contribution >= 0.6 is 11.5 Å². The highest BCUT2D eigenvalue weighted by Gasteiger charge is 2.30. The van der Waals surface area contributed by atoms with Crippen molar-refractivity contribution in [3.8, 4) is 0 Å². The second kappa shape index (κ2) is 4.23. The monoisotopic (exact) mass is 215 g/mol. The summed E-state index contributed by atoms with van der Waals surface area (Å²) < 4.78 is 9.81. The molecule has 14 heavy (non-hydrogen) atoms.